The molecule has 0 aliphatic heterocycles. The molecule has 1 aromatic carbocycles. The zero-order chi connectivity index (χ0) is 12.3. The molecule has 0 bridgehead atoms. The van der Waals surface area contributed by atoms with Gasteiger partial charge in [-0.1, -0.05) is 30.1 Å². The Morgan fingerprint density at radius 3 is 2.44 bits per heavy atom. The van der Waals surface area contributed by atoms with Crippen molar-refractivity contribution in [2.45, 2.75) is 33.3 Å². The Kier molecular flexibility index (Phi) is 3.89. The van der Waals surface area contributed by atoms with Crippen LogP contribution < -0.4 is 10.2 Å². The molecule has 0 fully saturated rings. The first-order valence-corrected chi connectivity index (χ1v) is 5.31. The van der Waals surface area contributed by atoms with Gasteiger partial charge in [-0.25, -0.2) is 0 Å². The molecule has 16 heavy (non-hydrogen) atoms. The van der Waals surface area contributed by atoms with Gasteiger partial charge in [-0.15, -0.1) is 0 Å². The lowest BCUT2D eigenvalue weighted by atomic mass is 9.78. The topological polar surface area (TPSA) is 9.23 Å². The van der Waals surface area contributed by atoms with Gasteiger partial charge in [0.05, 0.1) is 11.9 Å². The van der Waals surface area contributed by atoms with Crippen LogP contribution in [-0.4, -0.2) is 13.1 Å². The fourth-order valence-corrected chi connectivity index (χ4v) is 1.33. The Morgan fingerprint density at radius 1 is 1.31 bits per heavy atom. The minimum Gasteiger partial charge on any atom is -0.494 e. The summed E-state index contributed by atoms with van der Waals surface area (Å²) in [5.74, 6) is -0.0625. The Balaban J connectivity index is 3.08. The number of benzene rings is 1. The van der Waals surface area contributed by atoms with E-state index < -0.39 is 12.4 Å². The van der Waals surface area contributed by atoms with Crippen molar-refractivity contribution in [1.82, 2.24) is 0 Å². The van der Waals surface area contributed by atoms with Gasteiger partial charge in [-0.05, 0) is 26.3 Å². The maximum atomic E-state index is 12.8. The highest BCUT2D eigenvalue weighted by molar-refractivity contribution is 6.74. The lowest BCUT2D eigenvalue weighted by molar-refractivity contribution is 0.218. The molecule has 1 atom stereocenters. The van der Waals surface area contributed by atoms with Crippen molar-refractivity contribution in [3.63, 3.8) is 0 Å². The monoisotopic (exact) mass is 231 g/mol. The standard InChI is InChI=1S/C11H15BF3O/c1-4-9(3)16-11-6-5-8(2)7-10(11)12(13,14)15/h5-7,9H,4H2,1-3H3/q-1. The molecule has 0 saturated carbocycles. The van der Waals surface area contributed by atoms with E-state index in [1.54, 1.807) is 19.9 Å². The zero-order valence-electron chi connectivity index (χ0n) is 9.64. The molecule has 0 heterocycles. The first kappa shape index (κ1) is 12.9. The van der Waals surface area contributed by atoms with E-state index in [2.05, 4.69) is 0 Å². The number of ether oxygens (including phenoxy) is 1. The summed E-state index contributed by atoms with van der Waals surface area (Å²) in [7, 11) is 0. The van der Waals surface area contributed by atoms with E-state index in [4.69, 9.17) is 4.74 Å². The molecule has 90 valence electrons. The Labute approximate surface area is 93.7 Å². The van der Waals surface area contributed by atoms with Crippen molar-refractivity contribution in [3.05, 3.63) is 23.8 Å². The minimum atomic E-state index is -5.02. The summed E-state index contributed by atoms with van der Waals surface area (Å²) in [6, 6.07) is 4.16. The van der Waals surface area contributed by atoms with Crippen molar-refractivity contribution in [2.24, 2.45) is 0 Å². The molecule has 0 aromatic heterocycles. The second-order valence-electron chi connectivity index (χ2n) is 3.95. The summed E-state index contributed by atoms with van der Waals surface area (Å²) in [5, 5.41) is 0. The molecular formula is C11H15BF3O-. The van der Waals surface area contributed by atoms with Crippen LogP contribution in [0.1, 0.15) is 25.8 Å². The van der Waals surface area contributed by atoms with Gasteiger partial charge in [0, 0.05) is 0 Å². The van der Waals surface area contributed by atoms with Crippen LogP contribution >= 0.6 is 0 Å². The third-order valence-electron chi connectivity index (χ3n) is 2.42. The summed E-state index contributed by atoms with van der Waals surface area (Å²) in [4.78, 5) is 0. The Bertz CT molecular complexity index is 363. The number of halogens is 3. The van der Waals surface area contributed by atoms with Gasteiger partial charge in [0.2, 0.25) is 0 Å². The highest BCUT2D eigenvalue weighted by atomic mass is 19.4. The number of aryl methyl sites for hydroxylation is 1. The van der Waals surface area contributed by atoms with Crippen molar-refractivity contribution in [1.29, 1.82) is 0 Å². The van der Waals surface area contributed by atoms with Crippen LogP contribution in [0.25, 0.3) is 0 Å². The van der Waals surface area contributed by atoms with E-state index in [0.29, 0.717) is 12.0 Å². The van der Waals surface area contributed by atoms with Crippen LogP contribution in [0, 0.1) is 6.92 Å². The fraction of sp³-hybridized carbons (Fsp3) is 0.455. The van der Waals surface area contributed by atoms with Crippen LogP contribution in [0.4, 0.5) is 12.9 Å². The average Bonchev–Trinajstić information content (AvgIpc) is 2.19. The lowest BCUT2D eigenvalue weighted by Crippen LogP contribution is -2.36. The molecule has 0 saturated heterocycles. The third kappa shape index (κ3) is 3.19. The van der Waals surface area contributed by atoms with Crippen LogP contribution in [0.15, 0.2) is 18.2 Å². The van der Waals surface area contributed by atoms with Crippen molar-refractivity contribution >= 4 is 12.4 Å². The van der Waals surface area contributed by atoms with Gasteiger partial charge in [0.25, 0.3) is 0 Å². The Morgan fingerprint density at radius 2 is 1.94 bits per heavy atom. The normalized spacial score (nSPS) is 13.6. The van der Waals surface area contributed by atoms with Gasteiger partial charge in [0.1, 0.15) is 0 Å². The number of hydrogen-bond donors (Lipinski definition) is 0. The first-order valence-electron chi connectivity index (χ1n) is 5.31. The van der Waals surface area contributed by atoms with Gasteiger partial charge in [-0.2, -0.15) is 0 Å². The summed E-state index contributed by atoms with van der Waals surface area (Å²) in [6.45, 7) is 0.249. The summed E-state index contributed by atoms with van der Waals surface area (Å²) >= 11 is 0. The summed E-state index contributed by atoms with van der Waals surface area (Å²) < 4.78 is 43.6. The van der Waals surface area contributed by atoms with Gasteiger partial charge >= 0.3 is 6.98 Å². The molecule has 1 nitrogen and oxygen atoms in total. The quantitative estimate of drug-likeness (QED) is 0.723. The molecular weight excluding hydrogens is 216 g/mol. The molecule has 0 spiro atoms. The maximum absolute atomic E-state index is 12.8. The van der Waals surface area contributed by atoms with E-state index >= 15 is 0 Å². The first-order chi connectivity index (χ1) is 7.34. The van der Waals surface area contributed by atoms with Crippen molar-refractivity contribution < 1.29 is 17.7 Å². The second-order valence-corrected chi connectivity index (χ2v) is 3.95. The molecule has 0 radical (unpaired) electrons. The van der Waals surface area contributed by atoms with Crippen molar-refractivity contribution in [3.8, 4) is 5.75 Å². The average molecular weight is 231 g/mol. The molecule has 1 rings (SSSR count). The Hall–Kier alpha value is -1.13. The smallest absolute Gasteiger partial charge is 0.494 e. The van der Waals surface area contributed by atoms with E-state index in [1.165, 1.54) is 6.07 Å². The van der Waals surface area contributed by atoms with Gasteiger partial charge in [-0.3, -0.25) is 0 Å². The lowest BCUT2D eigenvalue weighted by Gasteiger charge is -2.22. The van der Waals surface area contributed by atoms with E-state index in [1.807, 2.05) is 6.92 Å². The largest absolute Gasteiger partial charge is 0.513 e. The maximum Gasteiger partial charge on any atom is 0.513 e. The predicted molar refractivity (Wildman–Crippen MR) is 60.3 cm³/mol. The van der Waals surface area contributed by atoms with Crippen LogP contribution in [0.2, 0.25) is 0 Å². The van der Waals surface area contributed by atoms with Crippen LogP contribution in [0.5, 0.6) is 5.75 Å². The fourth-order valence-electron chi connectivity index (χ4n) is 1.33. The highest BCUT2D eigenvalue weighted by Gasteiger charge is 2.29. The second kappa shape index (κ2) is 4.81. The third-order valence-corrected chi connectivity index (χ3v) is 2.42. The molecule has 5 heteroatoms. The molecule has 0 aliphatic carbocycles. The molecule has 0 aliphatic rings. The van der Waals surface area contributed by atoms with Crippen molar-refractivity contribution in [2.75, 3.05) is 0 Å². The van der Waals surface area contributed by atoms with E-state index in [0.717, 1.165) is 6.07 Å². The van der Waals surface area contributed by atoms with Crippen LogP contribution in [-0.2, 0) is 0 Å². The predicted octanol–water partition coefficient (Wildman–Crippen LogP) is 3.23. The number of rotatable bonds is 4. The molecule has 1 unspecified atom stereocenters. The molecule has 0 amide bonds. The zero-order valence-corrected chi connectivity index (χ0v) is 9.64. The van der Waals surface area contributed by atoms with E-state index in [9.17, 15) is 12.9 Å². The SMILES string of the molecule is CCC(C)Oc1ccc(C)cc1[B-](F)(F)F. The van der Waals surface area contributed by atoms with Gasteiger partial charge < -0.3 is 17.7 Å². The summed E-state index contributed by atoms with van der Waals surface area (Å²) in [5.41, 5.74) is -0.0500. The summed E-state index contributed by atoms with van der Waals surface area (Å²) in [6.07, 6.45) is 0.470. The van der Waals surface area contributed by atoms with Gasteiger partial charge in [0.15, 0.2) is 0 Å². The highest BCUT2D eigenvalue weighted by Crippen LogP contribution is 2.20. The minimum absolute atomic E-state index is 0.0625. The van der Waals surface area contributed by atoms with E-state index in [-0.39, 0.29) is 11.9 Å². The molecule has 1 aromatic rings. The molecule has 0 N–H and O–H groups in total. The van der Waals surface area contributed by atoms with Crippen LogP contribution in [0.3, 0.4) is 0 Å². The number of hydrogen-bond acceptors (Lipinski definition) is 1.